The number of carbonyl (C=O) groups is 1. The van der Waals surface area contributed by atoms with Crippen molar-refractivity contribution in [3.63, 3.8) is 0 Å². The van der Waals surface area contributed by atoms with E-state index in [1.165, 1.54) is 18.0 Å². The maximum Gasteiger partial charge on any atom is 0.251 e. The number of nitrogens with one attached hydrogen (secondary N) is 3. The second-order valence-electron chi connectivity index (χ2n) is 7.33. The van der Waals surface area contributed by atoms with E-state index in [2.05, 4.69) is 36.8 Å². The number of rotatable bonds is 7. The van der Waals surface area contributed by atoms with Gasteiger partial charge in [0.25, 0.3) is 5.91 Å². The highest BCUT2D eigenvalue weighted by molar-refractivity contribution is 7.10. The maximum absolute atomic E-state index is 12.8. The Balaban J connectivity index is 1.70. The summed E-state index contributed by atoms with van der Waals surface area (Å²) in [5.41, 5.74) is 0.674. The van der Waals surface area contributed by atoms with Gasteiger partial charge in [0.05, 0.1) is 24.6 Å². The van der Waals surface area contributed by atoms with E-state index in [1.807, 2.05) is 31.2 Å². The second kappa shape index (κ2) is 9.35. The molecule has 1 saturated heterocycles. The highest BCUT2D eigenvalue weighted by Gasteiger charge is 2.34. The number of quaternary nitrogens is 2. The molecule has 6 heteroatoms. The van der Waals surface area contributed by atoms with Gasteiger partial charge in [0.15, 0.2) is 0 Å². The predicted octanol–water partition coefficient (Wildman–Crippen LogP) is 0.420. The average molecular weight is 390 g/mol. The van der Waals surface area contributed by atoms with Crippen molar-refractivity contribution >= 4 is 17.2 Å². The van der Waals surface area contributed by atoms with E-state index in [-0.39, 0.29) is 11.9 Å². The normalized spacial score (nSPS) is 22.0. The lowest BCUT2D eigenvalue weighted by Gasteiger charge is -2.36. The lowest BCUT2D eigenvalue weighted by atomic mass is 10.0. The number of piperazine rings is 1. The van der Waals surface area contributed by atoms with E-state index in [0.29, 0.717) is 18.2 Å². The fourth-order valence-corrected chi connectivity index (χ4v) is 4.81. The first kappa shape index (κ1) is 19.9. The largest absolute Gasteiger partial charge is 0.494 e. The van der Waals surface area contributed by atoms with Gasteiger partial charge in [0, 0.05) is 5.56 Å². The molecule has 0 radical (unpaired) electrons. The third-order valence-electron chi connectivity index (χ3n) is 5.32. The molecule has 1 aliphatic rings. The molecule has 146 valence electrons. The van der Waals surface area contributed by atoms with Crippen molar-refractivity contribution in [3.8, 4) is 5.75 Å². The Kier molecular flexibility index (Phi) is 6.88. The van der Waals surface area contributed by atoms with Gasteiger partial charge in [-0.2, -0.15) is 0 Å². The van der Waals surface area contributed by atoms with Crippen molar-refractivity contribution in [3.05, 3.63) is 52.2 Å². The lowest BCUT2D eigenvalue weighted by molar-refractivity contribution is -1.02. The van der Waals surface area contributed by atoms with Crippen LogP contribution in [0.3, 0.4) is 0 Å². The fourth-order valence-electron chi connectivity index (χ4n) is 3.82. The Bertz CT molecular complexity index is 710. The van der Waals surface area contributed by atoms with E-state index < -0.39 is 0 Å². The van der Waals surface area contributed by atoms with Crippen LogP contribution < -0.4 is 19.9 Å². The maximum atomic E-state index is 12.8. The minimum absolute atomic E-state index is 0.0220. The highest BCUT2D eigenvalue weighted by Crippen LogP contribution is 2.20. The Labute approximate surface area is 165 Å². The van der Waals surface area contributed by atoms with Crippen LogP contribution in [0.4, 0.5) is 0 Å². The van der Waals surface area contributed by atoms with Crippen molar-refractivity contribution in [2.24, 2.45) is 0 Å². The molecule has 5 nitrogen and oxygen atoms in total. The van der Waals surface area contributed by atoms with Crippen LogP contribution in [0.5, 0.6) is 5.75 Å². The molecule has 2 aromatic rings. The van der Waals surface area contributed by atoms with Crippen LogP contribution in [0.25, 0.3) is 0 Å². The Morgan fingerprint density at radius 3 is 2.48 bits per heavy atom. The number of benzene rings is 1. The van der Waals surface area contributed by atoms with Crippen LogP contribution in [0, 0.1) is 0 Å². The molecule has 0 bridgehead atoms. The molecule has 3 N–H and O–H groups in total. The molecule has 3 rings (SSSR count). The summed E-state index contributed by atoms with van der Waals surface area (Å²) in [6.45, 7) is 9.34. The van der Waals surface area contributed by atoms with E-state index in [4.69, 9.17) is 4.74 Å². The number of thiophene rings is 1. The number of likely N-dealkylation sites (N-methyl/N-ethyl adjacent to an activating group) is 1. The summed E-state index contributed by atoms with van der Waals surface area (Å²) in [4.78, 5) is 17.3. The van der Waals surface area contributed by atoms with Crippen molar-refractivity contribution in [2.45, 2.75) is 25.9 Å². The van der Waals surface area contributed by atoms with Gasteiger partial charge in [0.1, 0.15) is 38.0 Å². The first-order chi connectivity index (χ1) is 13.1. The van der Waals surface area contributed by atoms with Crippen LogP contribution in [-0.2, 0) is 0 Å². The summed E-state index contributed by atoms with van der Waals surface area (Å²) in [5, 5.41) is 5.37. The van der Waals surface area contributed by atoms with Crippen LogP contribution in [-0.4, -0.2) is 51.8 Å². The Morgan fingerprint density at radius 2 is 1.89 bits per heavy atom. The van der Waals surface area contributed by atoms with Crippen LogP contribution in [0.1, 0.15) is 35.1 Å². The van der Waals surface area contributed by atoms with Crippen molar-refractivity contribution in [2.75, 3.05) is 39.8 Å². The summed E-state index contributed by atoms with van der Waals surface area (Å²) in [7, 11) is 2.26. The Morgan fingerprint density at radius 1 is 1.19 bits per heavy atom. The molecule has 1 fully saturated rings. The van der Waals surface area contributed by atoms with Gasteiger partial charge in [-0.1, -0.05) is 6.07 Å². The second-order valence-corrected chi connectivity index (χ2v) is 8.31. The van der Waals surface area contributed by atoms with E-state index in [1.54, 1.807) is 21.1 Å². The number of hydrogen-bond acceptors (Lipinski definition) is 3. The zero-order valence-corrected chi connectivity index (χ0v) is 17.3. The monoisotopic (exact) mass is 389 g/mol. The first-order valence-corrected chi connectivity index (χ1v) is 10.7. The SMILES string of the molecule is CCOc1ccc(C(=O)N[C@@H](C)[C@@H](c2cccs2)[NH+]2CC[NH+](C)CC2)cc1. The molecular weight excluding hydrogens is 358 g/mol. The van der Waals surface area contributed by atoms with Gasteiger partial charge in [-0.3, -0.25) is 4.79 Å². The van der Waals surface area contributed by atoms with E-state index >= 15 is 0 Å². The van der Waals surface area contributed by atoms with Gasteiger partial charge < -0.3 is 19.9 Å². The summed E-state index contributed by atoms with van der Waals surface area (Å²) < 4.78 is 5.46. The first-order valence-electron chi connectivity index (χ1n) is 9.81. The smallest absolute Gasteiger partial charge is 0.251 e. The topological polar surface area (TPSA) is 47.2 Å². The Hall–Kier alpha value is -1.89. The quantitative estimate of drug-likeness (QED) is 0.643. The van der Waals surface area contributed by atoms with E-state index in [0.717, 1.165) is 18.8 Å². The summed E-state index contributed by atoms with van der Waals surface area (Å²) in [5.74, 6) is 0.772. The fraction of sp³-hybridized carbons (Fsp3) is 0.476. The standard InChI is InChI=1S/C21H29N3O2S/c1-4-26-18-9-7-17(8-10-18)21(25)22-16(2)20(19-6-5-15-27-19)24-13-11-23(3)12-14-24/h5-10,15-16,20H,4,11-14H2,1-3H3,(H,22,25)/p+2/t16-,20-/m0/s1. The summed E-state index contributed by atoms with van der Waals surface area (Å²) >= 11 is 1.79. The molecule has 0 unspecified atom stereocenters. The molecule has 2 atom stereocenters. The van der Waals surface area contributed by atoms with Crippen molar-refractivity contribution < 1.29 is 19.3 Å². The lowest BCUT2D eigenvalue weighted by Crippen LogP contribution is -3.27. The molecule has 0 aliphatic carbocycles. The minimum Gasteiger partial charge on any atom is -0.494 e. The highest BCUT2D eigenvalue weighted by atomic mass is 32.1. The van der Waals surface area contributed by atoms with Crippen molar-refractivity contribution in [1.82, 2.24) is 5.32 Å². The molecule has 0 saturated carbocycles. The van der Waals surface area contributed by atoms with E-state index in [9.17, 15) is 4.79 Å². The molecule has 1 aliphatic heterocycles. The van der Waals surface area contributed by atoms with Gasteiger partial charge >= 0.3 is 0 Å². The predicted molar refractivity (Wildman–Crippen MR) is 109 cm³/mol. The number of ether oxygens (including phenoxy) is 1. The molecule has 1 aromatic heterocycles. The molecule has 27 heavy (non-hydrogen) atoms. The zero-order chi connectivity index (χ0) is 19.2. The molecule has 1 amide bonds. The molecule has 0 spiro atoms. The molecule has 1 aromatic carbocycles. The summed E-state index contributed by atoms with van der Waals surface area (Å²) in [6, 6.07) is 12.0. The zero-order valence-electron chi connectivity index (χ0n) is 16.5. The number of amides is 1. The van der Waals surface area contributed by atoms with Crippen LogP contribution >= 0.6 is 11.3 Å². The van der Waals surface area contributed by atoms with Gasteiger partial charge in [-0.05, 0) is 49.6 Å². The minimum atomic E-state index is -0.0220. The van der Waals surface area contributed by atoms with Gasteiger partial charge in [-0.15, -0.1) is 11.3 Å². The molecule has 2 heterocycles. The number of hydrogen-bond donors (Lipinski definition) is 3. The van der Waals surface area contributed by atoms with Crippen LogP contribution in [0.2, 0.25) is 0 Å². The van der Waals surface area contributed by atoms with Crippen LogP contribution in [0.15, 0.2) is 41.8 Å². The average Bonchev–Trinajstić information content (AvgIpc) is 3.18. The van der Waals surface area contributed by atoms with Gasteiger partial charge in [-0.25, -0.2) is 0 Å². The van der Waals surface area contributed by atoms with Gasteiger partial charge in [0.2, 0.25) is 0 Å². The molecular formula is C21H31N3O2S+2. The number of carbonyl (C=O) groups excluding carboxylic acids is 1. The summed E-state index contributed by atoms with van der Waals surface area (Å²) in [6.07, 6.45) is 0. The van der Waals surface area contributed by atoms with Crippen molar-refractivity contribution in [1.29, 1.82) is 0 Å². The third-order valence-corrected chi connectivity index (χ3v) is 6.28. The third kappa shape index (κ3) is 5.09.